The molecule has 1 heterocycles. The highest BCUT2D eigenvalue weighted by molar-refractivity contribution is 6.02. The number of anilines is 1. The fraction of sp³-hybridized carbons (Fsp3) is 0.467. The van der Waals surface area contributed by atoms with Crippen molar-refractivity contribution in [3.63, 3.8) is 0 Å². The molecule has 5 nitrogen and oxygen atoms in total. The number of nitrogens with zero attached hydrogens (tertiary/aromatic N) is 4. The van der Waals surface area contributed by atoms with Crippen molar-refractivity contribution in [1.82, 2.24) is 0 Å². The van der Waals surface area contributed by atoms with Gasteiger partial charge in [0.05, 0.1) is 12.1 Å². The second-order valence-electron chi connectivity index (χ2n) is 5.79. The molecule has 1 aliphatic rings. The summed E-state index contributed by atoms with van der Waals surface area (Å²) >= 11 is 0. The van der Waals surface area contributed by atoms with Gasteiger partial charge >= 0.3 is 12.4 Å². The summed E-state index contributed by atoms with van der Waals surface area (Å²) in [5.74, 6) is -0.0586. The average molecular weight is 377 g/mol. The lowest BCUT2D eigenvalue weighted by Gasteiger charge is -2.24. The number of hydrogen-bond acceptors (Lipinski definition) is 3. The van der Waals surface area contributed by atoms with Gasteiger partial charge in [-0.25, -0.2) is 4.85 Å². The van der Waals surface area contributed by atoms with Gasteiger partial charge < -0.3 is 5.32 Å². The summed E-state index contributed by atoms with van der Waals surface area (Å²) in [6, 6.07) is 0.892. The Balaban J connectivity index is 2.30. The first-order valence-electron chi connectivity index (χ1n) is 7.22. The van der Waals surface area contributed by atoms with Crippen molar-refractivity contribution < 1.29 is 26.3 Å². The van der Waals surface area contributed by atoms with Gasteiger partial charge in [-0.05, 0) is 19.1 Å². The quantitative estimate of drug-likeness (QED) is 0.326. The zero-order valence-corrected chi connectivity index (χ0v) is 13.6. The minimum absolute atomic E-state index is 0.0586. The number of alkyl halides is 6. The molecule has 0 saturated carbocycles. The van der Waals surface area contributed by atoms with Gasteiger partial charge in [-0.15, -0.1) is 0 Å². The fourth-order valence-electron chi connectivity index (χ4n) is 2.49. The SMILES string of the molecule is [C-]#[N+]c1ccc(NC(=NC)C2(C)CC(C(F)(F)F)N=N2)cc1C(F)(F)F. The van der Waals surface area contributed by atoms with Gasteiger partial charge in [-0.2, -0.15) is 36.6 Å². The Hall–Kier alpha value is -2.64. The minimum atomic E-state index is -4.75. The topological polar surface area (TPSA) is 53.5 Å². The highest BCUT2D eigenvalue weighted by atomic mass is 19.4. The number of halogens is 6. The monoisotopic (exact) mass is 377 g/mol. The molecular weight excluding hydrogens is 364 g/mol. The van der Waals surface area contributed by atoms with Crippen LogP contribution in [0.5, 0.6) is 0 Å². The van der Waals surface area contributed by atoms with Crippen LogP contribution in [0.15, 0.2) is 33.4 Å². The highest BCUT2D eigenvalue weighted by Crippen LogP contribution is 2.40. The van der Waals surface area contributed by atoms with Crippen LogP contribution >= 0.6 is 0 Å². The summed E-state index contributed by atoms with van der Waals surface area (Å²) in [5.41, 5.74) is -3.26. The normalized spacial score (nSPS) is 23.8. The van der Waals surface area contributed by atoms with Crippen LogP contribution in [-0.2, 0) is 6.18 Å². The lowest BCUT2D eigenvalue weighted by molar-refractivity contribution is -0.147. The first kappa shape index (κ1) is 19.7. The van der Waals surface area contributed by atoms with Crippen LogP contribution in [-0.4, -0.2) is 30.6 Å². The van der Waals surface area contributed by atoms with Crippen molar-refractivity contribution in [1.29, 1.82) is 0 Å². The maximum atomic E-state index is 13.0. The van der Waals surface area contributed by atoms with Gasteiger partial charge in [0.2, 0.25) is 0 Å². The van der Waals surface area contributed by atoms with Gasteiger partial charge in [0.1, 0.15) is 11.4 Å². The van der Waals surface area contributed by atoms with Crippen LogP contribution < -0.4 is 5.32 Å². The second-order valence-corrected chi connectivity index (χ2v) is 5.79. The van der Waals surface area contributed by atoms with Crippen LogP contribution in [0, 0.1) is 6.57 Å². The Bertz CT molecular complexity index is 789. The Kier molecular flexibility index (Phi) is 4.98. The molecule has 0 bridgehead atoms. The molecule has 2 atom stereocenters. The molecule has 1 aliphatic heterocycles. The molecule has 2 rings (SSSR count). The first-order chi connectivity index (χ1) is 11.9. The van der Waals surface area contributed by atoms with E-state index in [1.807, 2.05) is 0 Å². The van der Waals surface area contributed by atoms with E-state index in [-0.39, 0.29) is 11.5 Å². The first-order valence-corrected chi connectivity index (χ1v) is 7.22. The lowest BCUT2D eigenvalue weighted by Crippen LogP contribution is -2.40. The molecular formula is C15H13F6N5. The van der Waals surface area contributed by atoms with Crippen molar-refractivity contribution in [2.75, 3.05) is 12.4 Å². The number of azo groups is 1. The van der Waals surface area contributed by atoms with Gasteiger partial charge in [-0.3, -0.25) is 4.99 Å². The molecule has 0 spiro atoms. The van der Waals surface area contributed by atoms with Gasteiger partial charge in [0.25, 0.3) is 0 Å². The summed E-state index contributed by atoms with van der Waals surface area (Å²) in [4.78, 5) is 6.65. The molecule has 0 fully saturated rings. The Morgan fingerprint density at radius 3 is 2.42 bits per heavy atom. The minimum Gasteiger partial charge on any atom is -0.342 e. The van der Waals surface area contributed by atoms with Crippen molar-refractivity contribution in [2.45, 2.75) is 37.3 Å². The van der Waals surface area contributed by atoms with Crippen LogP contribution in [0.1, 0.15) is 18.9 Å². The van der Waals surface area contributed by atoms with E-state index in [4.69, 9.17) is 6.57 Å². The Morgan fingerprint density at radius 1 is 1.31 bits per heavy atom. The molecule has 2 unspecified atom stereocenters. The molecule has 0 radical (unpaired) electrons. The smallest absolute Gasteiger partial charge is 0.342 e. The third kappa shape index (κ3) is 3.95. The van der Waals surface area contributed by atoms with Crippen LogP contribution in [0.2, 0.25) is 0 Å². The predicted octanol–water partition coefficient (Wildman–Crippen LogP) is 5.24. The van der Waals surface area contributed by atoms with Crippen molar-refractivity contribution in [2.24, 2.45) is 15.2 Å². The Labute approximate surface area is 144 Å². The van der Waals surface area contributed by atoms with Crippen LogP contribution in [0.4, 0.5) is 37.7 Å². The standard InChI is InChI=1S/C15H13F6N5/c1-13(7-11(25-26-13)15(19,20)21)12(23-3)24-8-4-5-10(22-2)9(6-8)14(16,17)18/h4-6,11H,7H2,1,3H3,(H,23,24). The molecule has 0 saturated heterocycles. The predicted molar refractivity (Wildman–Crippen MR) is 82.4 cm³/mol. The molecule has 11 heteroatoms. The number of aliphatic imine (C=N–C) groups is 1. The number of amidine groups is 1. The summed E-state index contributed by atoms with van der Waals surface area (Å²) in [6.45, 7) is 8.16. The molecule has 140 valence electrons. The number of hydrogen-bond donors (Lipinski definition) is 1. The zero-order valence-electron chi connectivity index (χ0n) is 13.6. The van der Waals surface area contributed by atoms with E-state index >= 15 is 0 Å². The van der Waals surface area contributed by atoms with E-state index in [9.17, 15) is 26.3 Å². The zero-order chi connectivity index (χ0) is 19.8. The van der Waals surface area contributed by atoms with E-state index in [0.717, 1.165) is 6.07 Å². The van der Waals surface area contributed by atoms with Gasteiger partial charge in [0, 0.05) is 19.2 Å². The fourth-order valence-corrected chi connectivity index (χ4v) is 2.49. The molecule has 0 aromatic heterocycles. The number of benzene rings is 1. The van der Waals surface area contributed by atoms with Gasteiger partial charge in [0.15, 0.2) is 11.7 Å². The van der Waals surface area contributed by atoms with Gasteiger partial charge in [-0.1, -0.05) is 6.07 Å². The van der Waals surface area contributed by atoms with E-state index in [0.29, 0.717) is 6.07 Å². The van der Waals surface area contributed by atoms with E-state index in [2.05, 4.69) is 25.4 Å². The molecule has 26 heavy (non-hydrogen) atoms. The third-order valence-corrected chi connectivity index (χ3v) is 3.81. The average Bonchev–Trinajstić information content (AvgIpc) is 2.95. The molecule has 1 N–H and O–H groups in total. The molecule has 1 aromatic rings. The summed E-state index contributed by atoms with van der Waals surface area (Å²) < 4.78 is 77.5. The summed E-state index contributed by atoms with van der Waals surface area (Å²) in [7, 11) is 1.28. The Morgan fingerprint density at radius 2 is 1.96 bits per heavy atom. The third-order valence-electron chi connectivity index (χ3n) is 3.81. The van der Waals surface area contributed by atoms with E-state index < -0.39 is 41.6 Å². The second kappa shape index (κ2) is 6.59. The van der Waals surface area contributed by atoms with Crippen molar-refractivity contribution in [3.05, 3.63) is 35.2 Å². The maximum absolute atomic E-state index is 13.0. The summed E-state index contributed by atoms with van der Waals surface area (Å²) in [5, 5.41) is 9.42. The van der Waals surface area contributed by atoms with Crippen LogP contribution in [0.25, 0.3) is 4.85 Å². The highest BCUT2D eigenvalue weighted by Gasteiger charge is 2.50. The van der Waals surface area contributed by atoms with E-state index in [1.54, 1.807) is 0 Å². The molecule has 0 aliphatic carbocycles. The maximum Gasteiger partial charge on any atom is 0.412 e. The van der Waals surface area contributed by atoms with Crippen molar-refractivity contribution >= 4 is 17.2 Å². The molecule has 0 amide bonds. The number of rotatable bonds is 2. The lowest BCUT2D eigenvalue weighted by atomic mass is 9.93. The van der Waals surface area contributed by atoms with Crippen molar-refractivity contribution in [3.8, 4) is 0 Å². The number of nitrogens with one attached hydrogen (secondary N) is 1. The van der Waals surface area contributed by atoms with E-state index in [1.165, 1.54) is 20.0 Å². The summed E-state index contributed by atoms with van der Waals surface area (Å²) in [6.07, 6.45) is -9.83. The molecule has 1 aromatic carbocycles. The largest absolute Gasteiger partial charge is 0.412 e. The van der Waals surface area contributed by atoms with Crippen LogP contribution in [0.3, 0.4) is 0 Å².